The SMILES string of the molecule is CSCCCC(CO)NC1CCCCC1. The van der Waals surface area contributed by atoms with Crippen molar-refractivity contribution in [3.8, 4) is 0 Å². The molecule has 1 aliphatic rings. The van der Waals surface area contributed by atoms with Crippen LogP contribution in [0, 0.1) is 0 Å². The molecule has 15 heavy (non-hydrogen) atoms. The zero-order valence-corrected chi connectivity index (χ0v) is 10.7. The zero-order chi connectivity index (χ0) is 10.9. The molecule has 0 saturated heterocycles. The lowest BCUT2D eigenvalue weighted by Gasteiger charge is -2.27. The van der Waals surface area contributed by atoms with Crippen molar-refractivity contribution in [1.29, 1.82) is 0 Å². The average molecular weight is 231 g/mol. The molecule has 3 heteroatoms. The number of hydrogen-bond donors (Lipinski definition) is 2. The second-order valence-corrected chi connectivity index (χ2v) is 5.50. The summed E-state index contributed by atoms with van der Waals surface area (Å²) in [5.74, 6) is 1.21. The van der Waals surface area contributed by atoms with Crippen LogP contribution in [0.1, 0.15) is 44.9 Å². The third-order valence-electron chi connectivity index (χ3n) is 3.20. The van der Waals surface area contributed by atoms with E-state index in [2.05, 4.69) is 11.6 Å². The molecule has 0 aromatic rings. The van der Waals surface area contributed by atoms with E-state index in [9.17, 15) is 5.11 Å². The first-order valence-electron chi connectivity index (χ1n) is 6.22. The topological polar surface area (TPSA) is 32.3 Å². The molecule has 0 aromatic heterocycles. The van der Waals surface area contributed by atoms with Crippen molar-refractivity contribution >= 4 is 11.8 Å². The lowest BCUT2D eigenvalue weighted by Crippen LogP contribution is -2.41. The van der Waals surface area contributed by atoms with Gasteiger partial charge < -0.3 is 10.4 Å². The number of hydrogen-bond acceptors (Lipinski definition) is 3. The first-order valence-corrected chi connectivity index (χ1v) is 7.62. The Labute approximate surface area is 98.2 Å². The van der Waals surface area contributed by atoms with E-state index >= 15 is 0 Å². The summed E-state index contributed by atoms with van der Waals surface area (Å²) in [5, 5.41) is 12.9. The Bertz CT molecular complexity index is 149. The maximum atomic E-state index is 9.29. The van der Waals surface area contributed by atoms with Gasteiger partial charge in [-0.05, 0) is 37.7 Å². The predicted molar refractivity (Wildman–Crippen MR) is 68.5 cm³/mol. The van der Waals surface area contributed by atoms with Gasteiger partial charge in [-0.25, -0.2) is 0 Å². The molecular weight excluding hydrogens is 206 g/mol. The number of nitrogens with one attached hydrogen (secondary N) is 1. The Hall–Kier alpha value is 0.270. The van der Waals surface area contributed by atoms with E-state index < -0.39 is 0 Å². The second kappa shape index (κ2) is 8.43. The molecule has 1 unspecified atom stereocenters. The molecule has 1 aliphatic carbocycles. The van der Waals surface area contributed by atoms with E-state index in [0.717, 1.165) is 6.42 Å². The van der Waals surface area contributed by atoms with E-state index in [1.165, 1.54) is 44.3 Å². The molecule has 0 bridgehead atoms. The molecule has 1 rings (SSSR count). The molecule has 2 nitrogen and oxygen atoms in total. The fourth-order valence-corrected chi connectivity index (χ4v) is 2.76. The smallest absolute Gasteiger partial charge is 0.0584 e. The minimum atomic E-state index is 0.297. The van der Waals surface area contributed by atoms with E-state index in [-0.39, 0.29) is 0 Å². The van der Waals surface area contributed by atoms with Gasteiger partial charge in [0.1, 0.15) is 0 Å². The molecule has 1 saturated carbocycles. The van der Waals surface area contributed by atoms with Crippen LogP contribution in [0.2, 0.25) is 0 Å². The van der Waals surface area contributed by atoms with Crippen LogP contribution in [0.3, 0.4) is 0 Å². The molecule has 0 aromatic carbocycles. The standard InChI is InChI=1S/C12H25NOS/c1-15-9-5-8-12(10-14)13-11-6-3-2-4-7-11/h11-14H,2-10H2,1H3. The summed E-state index contributed by atoms with van der Waals surface area (Å²) < 4.78 is 0. The molecule has 0 aliphatic heterocycles. The molecule has 1 atom stereocenters. The Kier molecular flexibility index (Phi) is 7.49. The highest BCUT2D eigenvalue weighted by Gasteiger charge is 2.16. The van der Waals surface area contributed by atoms with Crippen LogP contribution in [0.15, 0.2) is 0 Å². The fourth-order valence-electron chi connectivity index (χ4n) is 2.30. The lowest BCUT2D eigenvalue weighted by atomic mass is 9.94. The quantitative estimate of drug-likeness (QED) is 0.660. The van der Waals surface area contributed by atoms with Gasteiger partial charge in [0.15, 0.2) is 0 Å². The molecular formula is C12H25NOS. The molecule has 0 heterocycles. The summed E-state index contributed by atoms with van der Waals surface area (Å²) in [6.45, 7) is 0.297. The Balaban J connectivity index is 2.13. The van der Waals surface area contributed by atoms with Gasteiger partial charge in [0.2, 0.25) is 0 Å². The summed E-state index contributed by atoms with van der Waals surface area (Å²) in [6.07, 6.45) is 11.2. The highest BCUT2D eigenvalue weighted by atomic mass is 32.2. The van der Waals surface area contributed by atoms with Crippen LogP contribution in [0.4, 0.5) is 0 Å². The summed E-state index contributed by atoms with van der Waals surface area (Å²) >= 11 is 1.89. The van der Waals surface area contributed by atoms with Crippen LogP contribution in [-0.4, -0.2) is 35.8 Å². The Morgan fingerprint density at radius 2 is 2.07 bits per heavy atom. The van der Waals surface area contributed by atoms with Crippen molar-refractivity contribution in [3.05, 3.63) is 0 Å². The highest BCUT2D eigenvalue weighted by Crippen LogP contribution is 2.18. The summed E-state index contributed by atoms with van der Waals surface area (Å²) in [7, 11) is 0. The maximum absolute atomic E-state index is 9.29. The van der Waals surface area contributed by atoms with Crippen molar-refractivity contribution in [2.24, 2.45) is 0 Å². The third kappa shape index (κ3) is 5.79. The first kappa shape index (κ1) is 13.3. The Morgan fingerprint density at radius 1 is 1.33 bits per heavy atom. The number of thioether (sulfide) groups is 1. The summed E-state index contributed by atoms with van der Waals surface area (Å²) in [5.41, 5.74) is 0. The maximum Gasteiger partial charge on any atom is 0.0584 e. The van der Waals surface area contributed by atoms with Crippen molar-refractivity contribution < 1.29 is 5.11 Å². The number of aliphatic hydroxyl groups excluding tert-OH is 1. The van der Waals surface area contributed by atoms with E-state index in [1.807, 2.05) is 11.8 Å². The predicted octanol–water partition coefficient (Wildman–Crippen LogP) is 2.41. The van der Waals surface area contributed by atoms with Crippen molar-refractivity contribution in [2.45, 2.75) is 57.0 Å². The molecule has 90 valence electrons. The van der Waals surface area contributed by atoms with Crippen molar-refractivity contribution in [2.75, 3.05) is 18.6 Å². The van der Waals surface area contributed by atoms with E-state index in [0.29, 0.717) is 18.7 Å². The third-order valence-corrected chi connectivity index (χ3v) is 3.89. The highest BCUT2D eigenvalue weighted by molar-refractivity contribution is 7.98. The number of aliphatic hydroxyl groups is 1. The van der Waals surface area contributed by atoms with Gasteiger partial charge in [-0.1, -0.05) is 19.3 Å². The monoisotopic (exact) mass is 231 g/mol. The van der Waals surface area contributed by atoms with Gasteiger partial charge in [-0.3, -0.25) is 0 Å². The van der Waals surface area contributed by atoms with E-state index in [4.69, 9.17) is 0 Å². The fraction of sp³-hybridized carbons (Fsp3) is 1.00. The van der Waals surface area contributed by atoms with Gasteiger partial charge in [0.25, 0.3) is 0 Å². The normalized spacial score (nSPS) is 20.4. The van der Waals surface area contributed by atoms with Crippen molar-refractivity contribution in [1.82, 2.24) is 5.32 Å². The minimum Gasteiger partial charge on any atom is -0.395 e. The van der Waals surface area contributed by atoms with Gasteiger partial charge in [0.05, 0.1) is 6.61 Å². The summed E-state index contributed by atoms with van der Waals surface area (Å²) in [4.78, 5) is 0. The molecule has 0 radical (unpaired) electrons. The lowest BCUT2D eigenvalue weighted by molar-refractivity contribution is 0.211. The van der Waals surface area contributed by atoms with Gasteiger partial charge in [-0.15, -0.1) is 0 Å². The van der Waals surface area contributed by atoms with Gasteiger partial charge in [0, 0.05) is 12.1 Å². The zero-order valence-electron chi connectivity index (χ0n) is 9.87. The molecule has 0 spiro atoms. The van der Waals surface area contributed by atoms with Gasteiger partial charge >= 0.3 is 0 Å². The van der Waals surface area contributed by atoms with Gasteiger partial charge in [-0.2, -0.15) is 11.8 Å². The summed E-state index contributed by atoms with van der Waals surface area (Å²) in [6, 6.07) is 1.01. The van der Waals surface area contributed by atoms with Crippen LogP contribution in [0.5, 0.6) is 0 Å². The first-order chi connectivity index (χ1) is 7.36. The van der Waals surface area contributed by atoms with E-state index in [1.54, 1.807) is 0 Å². The number of rotatable bonds is 7. The van der Waals surface area contributed by atoms with Crippen molar-refractivity contribution in [3.63, 3.8) is 0 Å². The average Bonchev–Trinajstić information content (AvgIpc) is 2.29. The molecule has 2 N–H and O–H groups in total. The van der Waals surface area contributed by atoms with Crippen LogP contribution < -0.4 is 5.32 Å². The molecule has 0 amide bonds. The van der Waals surface area contributed by atoms with Crippen LogP contribution in [-0.2, 0) is 0 Å². The second-order valence-electron chi connectivity index (χ2n) is 4.52. The van der Waals surface area contributed by atoms with Crippen LogP contribution >= 0.6 is 11.8 Å². The molecule has 1 fully saturated rings. The minimum absolute atomic E-state index is 0.297. The largest absolute Gasteiger partial charge is 0.395 e. The van der Waals surface area contributed by atoms with Crippen LogP contribution in [0.25, 0.3) is 0 Å². The Morgan fingerprint density at radius 3 is 2.67 bits per heavy atom.